The Morgan fingerprint density at radius 2 is 1.95 bits per heavy atom. The average Bonchev–Trinajstić information content (AvgIpc) is 2.82. The van der Waals surface area contributed by atoms with Gasteiger partial charge in [-0.25, -0.2) is 0 Å². The topological polar surface area (TPSA) is 93.1 Å². The summed E-state index contributed by atoms with van der Waals surface area (Å²) in [4.78, 5) is 10.9. The molecule has 6 heteroatoms. The first-order valence-corrected chi connectivity index (χ1v) is 7.72. The zero-order valence-electron chi connectivity index (χ0n) is 13.1. The molecule has 0 aromatic carbocycles. The van der Waals surface area contributed by atoms with Crippen molar-refractivity contribution in [3.8, 4) is 0 Å². The lowest BCUT2D eigenvalue weighted by Gasteiger charge is -2.22. The van der Waals surface area contributed by atoms with Gasteiger partial charge in [0.2, 0.25) is 5.95 Å². The quantitative estimate of drug-likeness (QED) is 0.774. The third kappa shape index (κ3) is 3.20. The third-order valence-electron chi connectivity index (χ3n) is 4.50. The summed E-state index contributed by atoms with van der Waals surface area (Å²) in [6.07, 6.45) is 1.08. The maximum absolute atomic E-state index is 5.98. The van der Waals surface area contributed by atoms with Gasteiger partial charge in [0.1, 0.15) is 11.6 Å². The Morgan fingerprint density at radius 1 is 1.29 bits per heavy atom. The van der Waals surface area contributed by atoms with E-state index in [4.69, 9.17) is 11.5 Å². The molecule has 0 radical (unpaired) electrons. The lowest BCUT2D eigenvalue weighted by Crippen LogP contribution is -2.29. The van der Waals surface area contributed by atoms with Crippen LogP contribution in [0.15, 0.2) is 6.07 Å². The fourth-order valence-corrected chi connectivity index (χ4v) is 3.03. The number of rotatable bonds is 4. The molecule has 1 aromatic rings. The summed E-state index contributed by atoms with van der Waals surface area (Å²) in [5.41, 5.74) is 12.1. The van der Waals surface area contributed by atoms with Crippen LogP contribution in [0.4, 0.5) is 17.6 Å². The maximum atomic E-state index is 5.98. The molecule has 2 heterocycles. The molecular formula is C15H26N6. The number of nitrogens with one attached hydrogen (secondary N) is 1. The van der Waals surface area contributed by atoms with E-state index in [1.165, 1.54) is 0 Å². The first-order valence-electron chi connectivity index (χ1n) is 7.72. The second-order valence-corrected chi connectivity index (χ2v) is 7.52. The maximum Gasteiger partial charge on any atom is 0.223 e. The molecule has 116 valence electrons. The molecule has 0 amide bonds. The summed E-state index contributed by atoms with van der Waals surface area (Å²) in [5.74, 6) is 3.33. The van der Waals surface area contributed by atoms with Gasteiger partial charge in [-0.2, -0.15) is 9.97 Å². The summed E-state index contributed by atoms with van der Waals surface area (Å²) in [7, 11) is 0. The highest BCUT2D eigenvalue weighted by Crippen LogP contribution is 2.45. The van der Waals surface area contributed by atoms with Crippen LogP contribution < -0.4 is 21.7 Å². The van der Waals surface area contributed by atoms with Gasteiger partial charge in [0.15, 0.2) is 0 Å². The van der Waals surface area contributed by atoms with Crippen LogP contribution in [-0.2, 0) is 0 Å². The van der Waals surface area contributed by atoms with Gasteiger partial charge in [0.05, 0.1) is 0 Å². The van der Waals surface area contributed by atoms with Crippen LogP contribution >= 0.6 is 0 Å². The number of hydrogen-bond donors (Lipinski definition) is 3. The van der Waals surface area contributed by atoms with Crippen molar-refractivity contribution >= 4 is 17.6 Å². The predicted molar refractivity (Wildman–Crippen MR) is 86.2 cm³/mol. The molecule has 5 N–H and O–H groups in total. The fraction of sp³-hybridized carbons (Fsp3) is 0.733. The summed E-state index contributed by atoms with van der Waals surface area (Å²) in [6, 6.07) is 2.39. The van der Waals surface area contributed by atoms with Crippen LogP contribution in [0.1, 0.15) is 27.2 Å². The number of nitrogens with zero attached hydrogens (tertiary/aromatic N) is 3. The van der Waals surface area contributed by atoms with Gasteiger partial charge in [0, 0.05) is 31.7 Å². The van der Waals surface area contributed by atoms with Gasteiger partial charge < -0.3 is 21.7 Å². The molecule has 21 heavy (non-hydrogen) atoms. The Morgan fingerprint density at radius 3 is 2.57 bits per heavy atom. The van der Waals surface area contributed by atoms with Crippen LogP contribution in [-0.4, -0.2) is 35.6 Å². The van der Waals surface area contributed by atoms with E-state index in [0.717, 1.165) is 37.7 Å². The highest BCUT2D eigenvalue weighted by molar-refractivity contribution is 5.54. The van der Waals surface area contributed by atoms with Crippen LogP contribution in [0, 0.1) is 17.3 Å². The number of nitrogen functional groups attached to an aromatic ring is 1. The van der Waals surface area contributed by atoms with Gasteiger partial charge in [-0.15, -0.1) is 0 Å². The van der Waals surface area contributed by atoms with Crippen LogP contribution in [0.25, 0.3) is 0 Å². The van der Waals surface area contributed by atoms with Crippen molar-refractivity contribution in [3.63, 3.8) is 0 Å². The van der Waals surface area contributed by atoms with Crippen molar-refractivity contribution in [2.45, 2.75) is 33.2 Å². The minimum Gasteiger partial charge on any atom is -0.370 e. The van der Waals surface area contributed by atoms with Crippen LogP contribution in [0.3, 0.4) is 0 Å². The standard InChI is InChI=1S/C15H26N6/c1-15(2,3)4-5-18-11-6-12(20-14(17)19-11)21-7-9-10(8-21)13(9)16/h6,9-10,13H,4-5,7-8,16H2,1-3H3,(H3,17,18,19,20)/t9-,10+,13?. The SMILES string of the molecule is CC(C)(C)CCNc1cc(N2C[C@@H]3C(N)[C@@H]3C2)nc(N)n1. The molecule has 1 aliphatic carbocycles. The average molecular weight is 290 g/mol. The lowest BCUT2D eigenvalue weighted by atomic mass is 9.92. The zero-order chi connectivity index (χ0) is 15.2. The smallest absolute Gasteiger partial charge is 0.223 e. The van der Waals surface area contributed by atoms with E-state index in [1.807, 2.05) is 6.07 Å². The van der Waals surface area contributed by atoms with Gasteiger partial charge in [-0.1, -0.05) is 20.8 Å². The molecule has 3 atom stereocenters. The number of fused-ring (bicyclic) bond motifs is 1. The van der Waals surface area contributed by atoms with Crippen LogP contribution in [0.5, 0.6) is 0 Å². The van der Waals surface area contributed by atoms with Crippen LogP contribution in [0.2, 0.25) is 0 Å². The molecule has 1 saturated heterocycles. The molecule has 1 unspecified atom stereocenters. The second-order valence-electron chi connectivity index (χ2n) is 7.52. The second kappa shape index (κ2) is 5.02. The van der Waals surface area contributed by atoms with E-state index >= 15 is 0 Å². The van der Waals surface area contributed by atoms with Gasteiger partial charge in [0.25, 0.3) is 0 Å². The highest BCUT2D eigenvalue weighted by atomic mass is 15.3. The molecular weight excluding hydrogens is 264 g/mol. The number of aromatic nitrogens is 2. The molecule has 2 aliphatic rings. The van der Waals surface area contributed by atoms with Crippen molar-refractivity contribution in [1.82, 2.24) is 9.97 Å². The Bertz CT molecular complexity index is 511. The van der Waals surface area contributed by atoms with E-state index in [1.54, 1.807) is 0 Å². The highest BCUT2D eigenvalue weighted by Gasteiger charge is 2.53. The third-order valence-corrected chi connectivity index (χ3v) is 4.50. The number of piperidine rings is 1. The van der Waals surface area contributed by atoms with Crippen molar-refractivity contribution in [2.75, 3.05) is 35.6 Å². The number of hydrogen-bond acceptors (Lipinski definition) is 6. The first kappa shape index (κ1) is 14.4. The molecule has 1 saturated carbocycles. The summed E-state index contributed by atoms with van der Waals surface area (Å²) in [5, 5.41) is 3.35. The molecule has 6 nitrogen and oxygen atoms in total. The number of anilines is 3. The fourth-order valence-electron chi connectivity index (χ4n) is 3.03. The van der Waals surface area contributed by atoms with E-state index in [9.17, 15) is 0 Å². The van der Waals surface area contributed by atoms with Crippen molar-refractivity contribution in [1.29, 1.82) is 0 Å². The van der Waals surface area contributed by atoms with E-state index < -0.39 is 0 Å². The lowest BCUT2D eigenvalue weighted by molar-refractivity contribution is 0.389. The monoisotopic (exact) mass is 290 g/mol. The summed E-state index contributed by atoms with van der Waals surface area (Å²) >= 11 is 0. The molecule has 0 spiro atoms. The minimum atomic E-state index is 0.306. The van der Waals surface area contributed by atoms with Crippen molar-refractivity contribution in [2.24, 2.45) is 23.0 Å². The largest absolute Gasteiger partial charge is 0.370 e. The summed E-state index contributed by atoms with van der Waals surface area (Å²) < 4.78 is 0. The molecule has 2 fully saturated rings. The molecule has 0 bridgehead atoms. The van der Waals surface area contributed by atoms with E-state index in [-0.39, 0.29) is 0 Å². The Labute approximate surface area is 126 Å². The first-order chi connectivity index (χ1) is 9.83. The van der Waals surface area contributed by atoms with Gasteiger partial charge in [-0.05, 0) is 23.7 Å². The van der Waals surface area contributed by atoms with E-state index in [2.05, 4.69) is 41.0 Å². The minimum absolute atomic E-state index is 0.306. The van der Waals surface area contributed by atoms with Gasteiger partial charge >= 0.3 is 0 Å². The van der Waals surface area contributed by atoms with Crippen molar-refractivity contribution in [3.05, 3.63) is 6.07 Å². The molecule has 1 aliphatic heterocycles. The Balaban J connectivity index is 1.63. The van der Waals surface area contributed by atoms with Crippen molar-refractivity contribution < 1.29 is 0 Å². The Hall–Kier alpha value is -1.56. The van der Waals surface area contributed by atoms with Gasteiger partial charge in [-0.3, -0.25) is 0 Å². The zero-order valence-corrected chi connectivity index (χ0v) is 13.1. The summed E-state index contributed by atoms with van der Waals surface area (Å²) in [6.45, 7) is 9.56. The van der Waals surface area contributed by atoms with E-state index in [0.29, 0.717) is 29.2 Å². The molecule has 3 rings (SSSR count). The number of nitrogens with two attached hydrogens (primary N) is 2. The molecule has 1 aromatic heterocycles. The normalized spacial score (nSPS) is 27.6. The Kier molecular flexibility index (Phi) is 3.43. The predicted octanol–water partition coefficient (Wildman–Crippen LogP) is 1.30.